The number of nitrogens with zero attached hydrogens (tertiary/aromatic N) is 3. The zero-order chi connectivity index (χ0) is 31.9. The number of ether oxygens (including phenoxy) is 1. The summed E-state index contributed by atoms with van der Waals surface area (Å²) in [4.78, 5) is 12.4. The molecule has 1 saturated heterocycles. The number of benzene rings is 2. The first-order valence-electron chi connectivity index (χ1n) is 17.0. The maximum Gasteiger partial charge on any atom is 0.319 e. The largest absolute Gasteiger partial charge is 0.463 e. The zero-order valence-corrected chi connectivity index (χ0v) is 28.4. The van der Waals surface area contributed by atoms with Crippen LogP contribution in [-0.4, -0.2) is 28.7 Å². The summed E-state index contributed by atoms with van der Waals surface area (Å²) < 4.78 is 39.9. The van der Waals surface area contributed by atoms with Gasteiger partial charge in [0.15, 0.2) is 5.82 Å². The monoisotopic (exact) mass is 603 g/mol. The first kappa shape index (κ1) is 32.4. The summed E-state index contributed by atoms with van der Waals surface area (Å²) >= 11 is 0. The van der Waals surface area contributed by atoms with Crippen LogP contribution in [0, 0.1) is 24.0 Å². The molecule has 0 spiro atoms. The second-order valence-electron chi connectivity index (χ2n) is 13.4. The second kappa shape index (κ2) is 12.8. The number of aromatic nitrogens is 2. The van der Waals surface area contributed by atoms with E-state index in [0.717, 1.165) is 89.5 Å². The van der Waals surface area contributed by atoms with Gasteiger partial charge in [-0.3, -0.25) is 0 Å². The van der Waals surface area contributed by atoms with Gasteiger partial charge in [0, 0.05) is 34.0 Å². The standard InChI is InChI=1S/C38H51F2N3O/c1-10-25-16-17-26(11-2)43(25)36-32-28(13-4)27(12-3)31(33-29(39)18-15-23(8)30(33)24(9)22(6)7)34(40)35(32)41-37(42-36)44-21-38(14-5)19-20-38/h15,18,25-26H,10-14,16-17,19-21H2,1-9H3. The lowest BCUT2D eigenvalue weighted by molar-refractivity contribution is 0.214. The summed E-state index contributed by atoms with van der Waals surface area (Å²) in [5.74, 6) is -0.112. The molecule has 0 bridgehead atoms. The fourth-order valence-corrected chi connectivity index (χ4v) is 7.47. The minimum Gasteiger partial charge on any atom is -0.463 e. The van der Waals surface area contributed by atoms with Gasteiger partial charge >= 0.3 is 6.01 Å². The molecule has 2 heterocycles. The van der Waals surface area contributed by atoms with Crippen molar-refractivity contribution in [2.24, 2.45) is 5.41 Å². The summed E-state index contributed by atoms with van der Waals surface area (Å²) in [6.07, 6.45) is 8.65. The average molecular weight is 604 g/mol. The van der Waals surface area contributed by atoms with E-state index in [9.17, 15) is 0 Å². The van der Waals surface area contributed by atoms with Crippen LogP contribution in [0.4, 0.5) is 14.6 Å². The second-order valence-corrected chi connectivity index (χ2v) is 13.4. The molecule has 0 amide bonds. The van der Waals surface area contributed by atoms with Crippen LogP contribution in [0.25, 0.3) is 27.6 Å². The first-order valence-corrected chi connectivity index (χ1v) is 17.0. The summed E-state index contributed by atoms with van der Waals surface area (Å²) in [5, 5.41) is 0.766. The number of aryl methyl sites for hydroxylation is 2. The molecule has 0 N–H and O–H groups in total. The van der Waals surface area contributed by atoms with Crippen LogP contribution in [0.3, 0.4) is 0 Å². The van der Waals surface area contributed by atoms with Gasteiger partial charge in [-0.25, -0.2) is 8.78 Å². The van der Waals surface area contributed by atoms with Crippen molar-refractivity contribution in [3.63, 3.8) is 0 Å². The Kier molecular flexibility index (Phi) is 9.39. The maximum atomic E-state index is 17.5. The minimum absolute atomic E-state index is 0.163. The number of allylic oxidation sites excluding steroid dienone is 2. The van der Waals surface area contributed by atoms with Gasteiger partial charge in [0.25, 0.3) is 0 Å². The van der Waals surface area contributed by atoms with Crippen LogP contribution in [0.5, 0.6) is 6.01 Å². The SMILES string of the molecule is CCc1c(-c2c(F)ccc(C)c2C(C)=C(C)C)c(F)c2nc(OCC3(CC)CC3)nc(N3C(CC)CCC3CC)c2c1CC. The van der Waals surface area contributed by atoms with Crippen LogP contribution >= 0.6 is 0 Å². The van der Waals surface area contributed by atoms with E-state index >= 15 is 8.78 Å². The van der Waals surface area contributed by atoms with E-state index in [1.165, 1.54) is 6.07 Å². The van der Waals surface area contributed by atoms with Gasteiger partial charge in [-0.15, -0.1) is 0 Å². The quantitative estimate of drug-likeness (QED) is 0.219. The molecule has 1 aromatic heterocycles. The molecule has 2 atom stereocenters. The Balaban J connectivity index is 1.89. The summed E-state index contributed by atoms with van der Waals surface area (Å²) in [6, 6.07) is 4.13. The highest BCUT2D eigenvalue weighted by atomic mass is 19.1. The lowest BCUT2D eigenvalue weighted by atomic mass is 9.83. The van der Waals surface area contributed by atoms with Crippen molar-refractivity contribution in [2.75, 3.05) is 11.5 Å². The number of rotatable bonds is 11. The Labute approximate surface area is 263 Å². The minimum atomic E-state index is -0.480. The third kappa shape index (κ3) is 5.51. The average Bonchev–Trinajstić information content (AvgIpc) is 3.69. The third-order valence-electron chi connectivity index (χ3n) is 10.7. The van der Waals surface area contributed by atoms with E-state index in [1.807, 2.05) is 34.6 Å². The summed E-state index contributed by atoms with van der Waals surface area (Å²) in [5.41, 5.74) is 6.64. The van der Waals surface area contributed by atoms with Gasteiger partial charge in [-0.2, -0.15) is 9.97 Å². The van der Waals surface area contributed by atoms with Crippen LogP contribution in [0.15, 0.2) is 17.7 Å². The van der Waals surface area contributed by atoms with Crippen molar-refractivity contribution in [1.82, 2.24) is 9.97 Å². The molecule has 5 rings (SSSR count). The van der Waals surface area contributed by atoms with Crippen LogP contribution in [0.1, 0.15) is 123 Å². The molecule has 6 heteroatoms. The Hall–Kier alpha value is -3.02. The van der Waals surface area contributed by atoms with Gasteiger partial charge in [-0.1, -0.05) is 46.3 Å². The molecule has 2 aliphatic rings. The molecule has 0 radical (unpaired) electrons. The molecule has 3 aromatic rings. The first-order chi connectivity index (χ1) is 21.1. The lowest BCUT2D eigenvalue weighted by Gasteiger charge is -2.33. The summed E-state index contributed by atoms with van der Waals surface area (Å²) in [7, 11) is 0. The van der Waals surface area contributed by atoms with Crippen LogP contribution < -0.4 is 9.64 Å². The molecule has 2 unspecified atom stereocenters. The van der Waals surface area contributed by atoms with Gasteiger partial charge in [-0.05, 0) is 119 Å². The fourth-order valence-electron chi connectivity index (χ4n) is 7.47. The van der Waals surface area contributed by atoms with Crippen LogP contribution in [0.2, 0.25) is 0 Å². The van der Waals surface area contributed by atoms with E-state index in [2.05, 4.69) is 32.6 Å². The number of halogens is 2. The van der Waals surface area contributed by atoms with Crippen molar-refractivity contribution < 1.29 is 13.5 Å². The topological polar surface area (TPSA) is 38.3 Å². The molecule has 44 heavy (non-hydrogen) atoms. The smallest absolute Gasteiger partial charge is 0.319 e. The third-order valence-corrected chi connectivity index (χ3v) is 10.7. The van der Waals surface area contributed by atoms with E-state index < -0.39 is 11.6 Å². The van der Waals surface area contributed by atoms with Crippen molar-refractivity contribution in [1.29, 1.82) is 0 Å². The molecule has 1 saturated carbocycles. The Morgan fingerprint density at radius 3 is 2.07 bits per heavy atom. The lowest BCUT2D eigenvalue weighted by Crippen LogP contribution is -2.36. The van der Waals surface area contributed by atoms with Crippen molar-refractivity contribution >= 4 is 22.3 Å². The number of hydrogen-bond donors (Lipinski definition) is 0. The van der Waals surface area contributed by atoms with Crippen LogP contribution in [-0.2, 0) is 12.8 Å². The molecule has 4 nitrogen and oxygen atoms in total. The Bertz CT molecular complexity index is 1570. The molecular formula is C38H51F2N3O. The maximum absolute atomic E-state index is 17.5. The molecular weight excluding hydrogens is 552 g/mol. The van der Waals surface area contributed by atoms with E-state index in [4.69, 9.17) is 14.7 Å². The van der Waals surface area contributed by atoms with Crippen molar-refractivity contribution in [3.05, 3.63) is 51.6 Å². The molecule has 2 fully saturated rings. The molecule has 2 aromatic carbocycles. The van der Waals surface area contributed by atoms with Gasteiger partial charge < -0.3 is 9.64 Å². The normalized spacial score (nSPS) is 19.1. The van der Waals surface area contributed by atoms with E-state index in [0.29, 0.717) is 42.7 Å². The molecule has 238 valence electrons. The highest BCUT2D eigenvalue weighted by Crippen LogP contribution is 2.49. The Morgan fingerprint density at radius 2 is 1.55 bits per heavy atom. The molecule has 1 aliphatic carbocycles. The van der Waals surface area contributed by atoms with E-state index in [-0.39, 0.29) is 16.9 Å². The number of anilines is 1. The van der Waals surface area contributed by atoms with Crippen molar-refractivity contribution in [3.8, 4) is 17.1 Å². The van der Waals surface area contributed by atoms with Crippen molar-refractivity contribution in [2.45, 2.75) is 132 Å². The zero-order valence-electron chi connectivity index (χ0n) is 28.4. The summed E-state index contributed by atoms with van der Waals surface area (Å²) in [6.45, 7) is 19.3. The fraction of sp³-hybridized carbons (Fsp3) is 0.579. The molecule has 1 aliphatic heterocycles. The van der Waals surface area contributed by atoms with Gasteiger partial charge in [0.05, 0.1) is 6.61 Å². The Morgan fingerprint density at radius 1 is 0.909 bits per heavy atom. The van der Waals surface area contributed by atoms with Gasteiger partial charge in [0.2, 0.25) is 0 Å². The highest BCUT2D eigenvalue weighted by Gasteiger charge is 2.42. The predicted octanol–water partition coefficient (Wildman–Crippen LogP) is 10.5. The van der Waals surface area contributed by atoms with E-state index in [1.54, 1.807) is 6.07 Å². The predicted molar refractivity (Wildman–Crippen MR) is 180 cm³/mol. The number of fused-ring (bicyclic) bond motifs is 1. The number of hydrogen-bond acceptors (Lipinski definition) is 4. The van der Waals surface area contributed by atoms with Gasteiger partial charge in [0.1, 0.15) is 17.2 Å². The highest BCUT2D eigenvalue weighted by molar-refractivity contribution is 6.00.